The molecule has 0 spiro atoms. The summed E-state index contributed by atoms with van der Waals surface area (Å²) in [6, 6.07) is 6.18. The van der Waals surface area contributed by atoms with Crippen molar-refractivity contribution in [2.45, 2.75) is 45.6 Å². The first-order valence-electron chi connectivity index (χ1n) is 8.10. The fourth-order valence-electron chi connectivity index (χ4n) is 4.36. The molecule has 118 valence electrons. The van der Waals surface area contributed by atoms with Crippen molar-refractivity contribution in [1.29, 1.82) is 0 Å². The highest BCUT2D eigenvalue weighted by Gasteiger charge is 2.51. The molecule has 0 saturated heterocycles. The van der Waals surface area contributed by atoms with Gasteiger partial charge in [-0.05, 0) is 54.5 Å². The molecule has 1 N–H and O–H groups in total. The molecule has 2 saturated carbocycles. The van der Waals surface area contributed by atoms with E-state index in [-0.39, 0.29) is 35.0 Å². The van der Waals surface area contributed by atoms with Crippen LogP contribution in [-0.2, 0) is 4.79 Å². The molecule has 2 nitrogen and oxygen atoms in total. The number of hydrogen-bond acceptors (Lipinski definition) is 2. The third-order valence-corrected chi connectivity index (χ3v) is 5.72. The highest BCUT2D eigenvalue weighted by Crippen LogP contribution is 2.53. The molecule has 0 heterocycles. The molecular formula is C19H23FO2. The number of aliphatic hydroxyl groups is 1. The third-order valence-electron chi connectivity index (χ3n) is 5.72. The Bertz CT molecular complexity index is 604. The van der Waals surface area contributed by atoms with Crippen LogP contribution in [0.1, 0.15) is 45.1 Å². The predicted octanol–water partition coefficient (Wildman–Crippen LogP) is 3.99. The van der Waals surface area contributed by atoms with Crippen molar-refractivity contribution < 1.29 is 14.3 Å². The predicted molar refractivity (Wildman–Crippen MR) is 84.6 cm³/mol. The summed E-state index contributed by atoms with van der Waals surface area (Å²) in [6.07, 6.45) is 4.96. The first kappa shape index (κ1) is 15.4. The summed E-state index contributed by atoms with van der Waals surface area (Å²) in [5.74, 6) is 0.107. The van der Waals surface area contributed by atoms with Crippen LogP contribution in [0.5, 0.6) is 0 Å². The molecule has 4 atom stereocenters. The Kier molecular flexibility index (Phi) is 3.94. The number of carbonyl (C=O) groups excluding carboxylic acids is 1. The summed E-state index contributed by atoms with van der Waals surface area (Å²) >= 11 is 0. The van der Waals surface area contributed by atoms with Crippen molar-refractivity contribution in [3.05, 3.63) is 41.2 Å². The van der Waals surface area contributed by atoms with Crippen molar-refractivity contribution in [3.8, 4) is 0 Å². The van der Waals surface area contributed by atoms with Gasteiger partial charge in [-0.15, -0.1) is 0 Å². The quantitative estimate of drug-likeness (QED) is 0.797. The number of allylic oxidation sites excluding steroid dienone is 1. The average molecular weight is 302 g/mol. The molecule has 1 aromatic carbocycles. The minimum Gasteiger partial charge on any atom is -0.393 e. The Morgan fingerprint density at radius 3 is 2.64 bits per heavy atom. The summed E-state index contributed by atoms with van der Waals surface area (Å²) in [5.41, 5.74) is 1.38. The molecule has 2 aliphatic rings. The fraction of sp³-hybridized carbons (Fsp3) is 0.526. The number of rotatable bonds is 1. The van der Waals surface area contributed by atoms with Crippen LogP contribution < -0.4 is 0 Å². The number of hydrogen-bond donors (Lipinski definition) is 1. The zero-order chi connectivity index (χ0) is 15.9. The van der Waals surface area contributed by atoms with E-state index >= 15 is 0 Å². The van der Waals surface area contributed by atoms with E-state index in [1.165, 1.54) is 12.1 Å². The van der Waals surface area contributed by atoms with Crippen LogP contribution in [-0.4, -0.2) is 17.0 Å². The third kappa shape index (κ3) is 2.52. The van der Waals surface area contributed by atoms with Crippen molar-refractivity contribution in [1.82, 2.24) is 0 Å². The maximum atomic E-state index is 13.0. The maximum Gasteiger partial charge on any atom is 0.161 e. The lowest BCUT2D eigenvalue weighted by Crippen LogP contribution is -2.51. The lowest BCUT2D eigenvalue weighted by molar-refractivity contribution is -0.133. The Morgan fingerprint density at radius 2 is 1.95 bits per heavy atom. The van der Waals surface area contributed by atoms with Gasteiger partial charge in [-0.2, -0.15) is 0 Å². The topological polar surface area (TPSA) is 37.3 Å². The molecule has 2 unspecified atom stereocenters. The molecule has 0 aliphatic heterocycles. The zero-order valence-electron chi connectivity index (χ0n) is 13.2. The van der Waals surface area contributed by atoms with Gasteiger partial charge >= 0.3 is 0 Å². The average Bonchev–Trinajstić information content (AvgIpc) is 2.49. The largest absolute Gasteiger partial charge is 0.393 e. The number of fused-ring (bicyclic) bond motifs is 1. The van der Waals surface area contributed by atoms with E-state index in [1.807, 2.05) is 13.0 Å². The number of benzene rings is 1. The molecule has 3 rings (SSSR count). The Balaban J connectivity index is 1.95. The number of halogens is 1. The molecule has 3 heteroatoms. The van der Waals surface area contributed by atoms with E-state index in [0.717, 1.165) is 30.4 Å². The highest BCUT2D eigenvalue weighted by molar-refractivity contribution is 6.02. The van der Waals surface area contributed by atoms with Crippen molar-refractivity contribution in [3.63, 3.8) is 0 Å². The smallest absolute Gasteiger partial charge is 0.161 e. The second-order valence-corrected chi connectivity index (χ2v) is 7.11. The molecule has 1 aromatic rings. The van der Waals surface area contributed by atoms with Crippen LogP contribution >= 0.6 is 0 Å². The van der Waals surface area contributed by atoms with Gasteiger partial charge in [0.05, 0.1) is 6.10 Å². The van der Waals surface area contributed by atoms with Gasteiger partial charge in [-0.3, -0.25) is 4.79 Å². The first-order valence-corrected chi connectivity index (χ1v) is 8.10. The van der Waals surface area contributed by atoms with E-state index in [9.17, 15) is 14.3 Å². The van der Waals surface area contributed by atoms with E-state index in [4.69, 9.17) is 0 Å². The van der Waals surface area contributed by atoms with E-state index in [1.54, 1.807) is 12.1 Å². The van der Waals surface area contributed by atoms with Gasteiger partial charge in [0, 0.05) is 11.3 Å². The summed E-state index contributed by atoms with van der Waals surface area (Å²) in [6.45, 7) is 4.10. The summed E-state index contributed by atoms with van der Waals surface area (Å²) < 4.78 is 13.0. The van der Waals surface area contributed by atoms with Gasteiger partial charge < -0.3 is 5.11 Å². The van der Waals surface area contributed by atoms with Crippen molar-refractivity contribution >= 4 is 11.9 Å². The Morgan fingerprint density at radius 1 is 1.27 bits per heavy atom. The summed E-state index contributed by atoms with van der Waals surface area (Å²) in [7, 11) is 0. The van der Waals surface area contributed by atoms with Crippen molar-refractivity contribution in [2.75, 3.05) is 0 Å². The standard InChI is InChI=1S/C19H23FO2/c1-12-16-4-3-5-17(21)19(16,2)11-14(18(12)22)10-13-6-8-15(20)9-7-13/h6-10,12,16-17,21H,3-5,11H2,1-2H3/t12?,16?,17-,19-/m0/s1. The second kappa shape index (κ2) is 5.62. The van der Waals surface area contributed by atoms with Crippen LogP contribution in [0.15, 0.2) is 29.8 Å². The Hall–Kier alpha value is -1.48. The summed E-state index contributed by atoms with van der Waals surface area (Å²) in [4.78, 5) is 12.7. The minimum absolute atomic E-state index is 0.0552. The van der Waals surface area contributed by atoms with E-state index < -0.39 is 0 Å². The Labute approximate surface area is 131 Å². The van der Waals surface area contributed by atoms with Crippen molar-refractivity contribution in [2.24, 2.45) is 17.3 Å². The summed E-state index contributed by atoms with van der Waals surface area (Å²) in [5, 5.41) is 10.5. The highest BCUT2D eigenvalue weighted by atomic mass is 19.1. The molecule has 0 radical (unpaired) electrons. The van der Waals surface area contributed by atoms with Gasteiger partial charge in [-0.1, -0.05) is 32.4 Å². The first-order chi connectivity index (χ1) is 10.4. The molecular weight excluding hydrogens is 279 g/mol. The normalized spacial score (nSPS) is 37.2. The number of carbonyl (C=O) groups is 1. The molecule has 0 bridgehead atoms. The van der Waals surface area contributed by atoms with Gasteiger partial charge in [0.25, 0.3) is 0 Å². The maximum absolute atomic E-state index is 13.0. The van der Waals surface area contributed by atoms with Gasteiger partial charge in [0.2, 0.25) is 0 Å². The molecule has 2 aliphatic carbocycles. The van der Waals surface area contributed by atoms with Gasteiger partial charge in [-0.25, -0.2) is 4.39 Å². The number of Topliss-reactive ketones (excluding diaryl/α,β-unsaturated/α-hetero) is 1. The van der Waals surface area contributed by atoms with Gasteiger partial charge in [0.15, 0.2) is 5.78 Å². The second-order valence-electron chi connectivity index (χ2n) is 7.11. The number of aliphatic hydroxyl groups excluding tert-OH is 1. The molecule has 0 aromatic heterocycles. The van der Waals surface area contributed by atoms with Crippen LogP contribution in [0.3, 0.4) is 0 Å². The van der Waals surface area contributed by atoms with E-state index in [0.29, 0.717) is 6.42 Å². The van der Waals surface area contributed by atoms with Crippen LogP contribution in [0.4, 0.5) is 4.39 Å². The van der Waals surface area contributed by atoms with Gasteiger partial charge in [0.1, 0.15) is 5.82 Å². The minimum atomic E-state index is -0.349. The van der Waals surface area contributed by atoms with E-state index in [2.05, 4.69) is 6.92 Å². The van der Waals surface area contributed by atoms with Crippen LogP contribution in [0, 0.1) is 23.1 Å². The lowest BCUT2D eigenvalue weighted by atomic mass is 9.54. The zero-order valence-corrected chi connectivity index (χ0v) is 13.2. The monoisotopic (exact) mass is 302 g/mol. The van der Waals surface area contributed by atoms with Crippen LogP contribution in [0.25, 0.3) is 6.08 Å². The molecule has 22 heavy (non-hydrogen) atoms. The van der Waals surface area contributed by atoms with Crippen LogP contribution in [0.2, 0.25) is 0 Å². The number of ketones is 1. The SMILES string of the molecule is CC1C(=O)C(=Cc2ccc(F)cc2)C[C@@]2(C)C1CCC[C@@H]2O. The fourth-order valence-corrected chi connectivity index (χ4v) is 4.36. The lowest BCUT2D eigenvalue weighted by Gasteiger charge is -2.51. The molecule has 0 amide bonds. The molecule has 2 fully saturated rings.